The molecule has 0 amide bonds. The number of aryl methyl sites for hydroxylation is 1. The van der Waals surface area contributed by atoms with Crippen molar-refractivity contribution in [2.75, 3.05) is 13.2 Å². The van der Waals surface area contributed by atoms with Crippen LogP contribution in [0.25, 0.3) is 0 Å². The molecule has 0 saturated carbocycles. The largest absolute Gasteiger partial charge is 0.463 e. The Bertz CT molecular complexity index is 364. The molecular formula is C14H25N3O. The van der Waals surface area contributed by atoms with Crippen LogP contribution in [0.3, 0.4) is 0 Å². The number of nitrogens with one attached hydrogen (secondary N) is 1. The quantitative estimate of drug-likeness (QED) is 0.757. The molecule has 0 saturated heterocycles. The minimum Gasteiger partial charge on any atom is -0.463 e. The number of hydrogen-bond acceptors (Lipinski definition) is 4. The van der Waals surface area contributed by atoms with Crippen LogP contribution in [0.2, 0.25) is 0 Å². The number of rotatable bonds is 7. The third-order valence-corrected chi connectivity index (χ3v) is 2.55. The van der Waals surface area contributed by atoms with Crippen molar-refractivity contribution in [1.29, 1.82) is 0 Å². The van der Waals surface area contributed by atoms with Gasteiger partial charge in [0.1, 0.15) is 0 Å². The zero-order valence-electron chi connectivity index (χ0n) is 12.2. The third kappa shape index (κ3) is 5.45. The van der Waals surface area contributed by atoms with Gasteiger partial charge in [-0.05, 0) is 31.9 Å². The highest BCUT2D eigenvalue weighted by Gasteiger charge is 2.06. The molecule has 0 aliphatic heterocycles. The first kappa shape index (κ1) is 14.9. The topological polar surface area (TPSA) is 47.0 Å². The van der Waals surface area contributed by atoms with Crippen LogP contribution in [-0.2, 0) is 0 Å². The highest BCUT2D eigenvalue weighted by molar-refractivity contribution is 5.15. The lowest BCUT2D eigenvalue weighted by atomic mass is 10.1. The maximum Gasteiger partial charge on any atom is 0.316 e. The van der Waals surface area contributed by atoms with Gasteiger partial charge in [-0.15, -0.1) is 0 Å². The Morgan fingerprint density at radius 1 is 1.22 bits per heavy atom. The fourth-order valence-corrected chi connectivity index (χ4v) is 1.55. The average molecular weight is 251 g/mol. The van der Waals surface area contributed by atoms with E-state index in [0.29, 0.717) is 24.6 Å². The molecule has 18 heavy (non-hydrogen) atoms. The second-order valence-corrected chi connectivity index (χ2v) is 5.18. The molecular weight excluding hydrogens is 226 g/mol. The molecule has 1 rings (SSSR count). The van der Waals surface area contributed by atoms with E-state index in [4.69, 9.17) is 4.74 Å². The second-order valence-electron chi connectivity index (χ2n) is 5.18. The zero-order chi connectivity index (χ0) is 13.5. The molecule has 0 radical (unpaired) electrons. The predicted octanol–water partition coefficient (Wildman–Crippen LogP) is 2.68. The standard InChI is InChI=1S/C14H25N3O/c1-10(2)13-9-12(5)16-14(17-13)18-8-6-7-15-11(3)4/h9-11,15H,6-8H2,1-5H3. The summed E-state index contributed by atoms with van der Waals surface area (Å²) in [5.74, 6) is 0.400. The lowest BCUT2D eigenvalue weighted by molar-refractivity contribution is 0.281. The van der Waals surface area contributed by atoms with Crippen molar-refractivity contribution >= 4 is 0 Å². The highest BCUT2D eigenvalue weighted by Crippen LogP contribution is 2.15. The van der Waals surface area contributed by atoms with Gasteiger partial charge in [-0.2, -0.15) is 4.98 Å². The minimum atomic E-state index is 0.400. The first-order valence-electron chi connectivity index (χ1n) is 6.70. The fraction of sp³-hybridized carbons (Fsp3) is 0.714. The van der Waals surface area contributed by atoms with Crippen LogP contribution in [-0.4, -0.2) is 29.2 Å². The van der Waals surface area contributed by atoms with Crippen LogP contribution >= 0.6 is 0 Å². The van der Waals surface area contributed by atoms with Gasteiger partial charge in [-0.3, -0.25) is 0 Å². The van der Waals surface area contributed by atoms with E-state index < -0.39 is 0 Å². The van der Waals surface area contributed by atoms with Gasteiger partial charge in [0.05, 0.1) is 12.3 Å². The Kier molecular flexibility index (Phi) is 6.05. The molecule has 0 aliphatic carbocycles. The van der Waals surface area contributed by atoms with Crippen molar-refractivity contribution in [3.63, 3.8) is 0 Å². The Balaban J connectivity index is 2.42. The molecule has 0 spiro atoms. The van der Waals surface area contributed by atoms with E-state index in [-0.39, 0.29) is 0 Å². The molecule has 1 N–H and O–H groups in total. The highest BCUT2D eigenvalue weighted by atomic mass is 16.5. The monoisotopic (exact) mass is 251 g/mol. The summed E-state index contributed by atoms with van der Waals surface area (Å²) in [6.45, 7) is 12.1. The van der Waals surface area contributed by atoms with Crippen LogP contribution in [0.4, 0.5) is 0 Å². The van der Waals surface area contributed by atoms with E-state index in [1.807, 2.05) is 13.0 Å². The second kappa shape index (κ2) is 7.31. The van der Waals surface area contributed by atoms with Gasteiger partial charge in [0, 0.05) is 11.7 Å². The Morgan fingerprint density at radius 3 is 2.56 bits per heavy atom. The average Bonchev–Trinajstić information content (AvgIpc) is 2.27. The van der Waals surface area contributed by atoms with Crippen molar-refractivity contribution in [3.8, 4) is 6.01 Å². The molecule has 1 aromatic rings. The maximum absolute atomic E-state index is 5.60. The zero-order valence-corrected chi connectivity index (χ0v) is 12.2. The van der Waals surface area contributed by atoms with Crippen molar-refractivity contribution in [2.45, 2.75) is 53.0 Å². The summed E-state index contributed by atoms with van der Waals surface area (Å²) in [5.41, 5.74) is 2.00. The molecule has 102 valence electrons. The first-order chi connectivity index (χ1) is 8.49. The molecule has 0 aliphatic rings. The summed E-state index contributed by atoms with van der Waals surface area (Å²) in [4.78, 5) is 8.71. The van der Waals surface area contributed by atoms with E-state index in [0.717, 1.165) is 24.4 Å². The number of ether oxygens (including phenoxy) is 1. The van der Waals surface area contributed by atoms with Crippen molar-refractivity contribution in [1.82, 2.24) is 15.3 Å². The van der Waals surface area contributed by atoms with E-state index >= 15 is 0 Å². The molecule has 4 heteroatoms. The molecule has 1 aromatic heterocycles. The minimum absolute atomic E-state index is 0.400. The van der Waals surface area contributed by atoms with Crippen molar-refractivity contribution in [2.24, 2.45) is 0 Å². The molecule has 4 nitrogen and oxygen atoms in total. The van der Waals surface area contributed by atoms with Crippen LogP contribution in [0, 0.1) is 6.92 Å². The number of hydrogen-bond donors (Lipinski definition) is 1. The summed E-state index contributed by atoms with van der Waals surface area (Å²) in [7, 11) is 0. The molecule has 0 unspecified atom stereocenters. The summed E-state index contributed by atoms with van der Waals surface area (Å²) < 4.78 is 5.60. The summed E-state index contributed by atoms with van der Waals surface area (Å²) in [6.07, 6.45) is 0.965. The molecule has 0 aromatic carbocycles. The Labute approximate surface area is 110 Å². The first-order valence-corrected chi connectivity index (χ1v) is 6.70. The van der Waals surface area contributed by atoms with Gasteiger partial charge >= 0.3 is 6.01 Å². The van der Waals surface area contributed by atoms with Crippen molar-refractivity contribution in [3.05, 3.63) is 17.5 Å². The fourth-order valence-electron chi connectivity index (χ4n) is 1.55. The molecule has 0 atom stereocenters. The van der Waals surface area contributed by atoms with Gasteiger partial charge in [-0.25, -0.2) is 4.98 Å². The molecule has 0 bridgehead atoms. The Morgan fingerprint density at radius 2 is 1.94 bits per heavy atom. The van der Waals surface area contributed by atoms with Gasteiger partial charge in [0.2, 0.25) is 0 Å². The van der Waals surface area contributed by atoms with E-state index in [2.05, 4.69) is 43.0 Å². The summed E-state index contributed by atoms with van der Waals surface area (Å²) in [6, 6.07) is 3.04. The van der Waals surface area contributed by atoms with Gasteiger partial charge < -0.3 is 10.1 Å². The smallest absolute Gasteiger partial charge is 0.316 e. The van der Waals surface area contributed by atoms with Crippen LogP contribution in [0.1, 0.15) is 51.4 Å². The molecule has 0 fully saturated rings. The number of aromatic nitrogens is 2. The van der Waals surface area contributed by atoms with E-state index in [1.165, 1.54) is 0 Å². The third-order valence-electron chi connectivity index (χ3n) is 2.55. The molecule has 1 heterocycles. The lowest BCUT2D eigenvalue weighted by Gasteiger charge is -2.10. The van der Waals surface area contributed by atoms with Gasteiger partial charge in [0.15, 0.2) is 0 Å². The van der Waals surface area contributed by atoms with Crippen LogP contribution in [0.5, 0.6) is 6.01 Å². The van der Waals surface area contributed by atoms with E-state index in [1.54, 1.807) is 0 Å². The van der Waals surface area contributed by atoms with Crippen LogP contribution < -0.4 is 10.1 Å². The SMILES string of the molecule is Cc1cc(C(C)C)nc(OCCCNC(C)C)n1. The van der Waals surface area contributed by atoms with Gasteiger partial charge in [0.25, 0.3) is 0 Å². The summed E-state index contributed by atoms with van der Waals surface area (Å²) >= 11 is 0. The van der Waals surface area contributed by atoms with Crippen LogP contribution in [0.15, 0.2) is 6.07 Å². The normalized spacial score (nSPS) is 11.3. The van der Waals surface area contributed by atoms with E-state index in [9.17, 15) is 0 Å². The van der Waals surface area contributed by atoms with Crippen molar-refractivity contribution < 1.29 is 4.74 Å². The summed E-state index contributed by atoms with van der Waals surface area (Å²) in [5, 5.41) is 3.35. The lowest BCUT2D eigenvalue weighted by Crippen LogP contribution is -2.24. The Hall–Kier alpha value is -1.16. The maximum atomic E-state index is 5.60. The van der Waals surface area contributed by atoms with Gasteiger partial charge in [-0.1, -0.05) is 27.7 Å². The predicted molar refractivity (Wildman–Crippen MR) is 74.1 cm³/mol. The number of nitrogens with zero attached hydrogens (tertiary/aromatic N) is 2.